The quantitative estimate of drug-likeness (QED) is 0.768. The number of anilines is 1. The van der Waals surface area contributed by atoms with E-state index in [0.717, 1.165) is 0 Å². The van der Waals surface area contributed by atoms with Gasteiger partial charge in [-0.25, -0.2) is 4.79 Å². The lowest BCUT2D eigenvalue weighted by Crippen LogP contribution is -2.32. The first-order valence-corrected chi connectivity index (χ1v) is 7.72. The number of fused-ring (bicyclic) bond motifs is 1. The van der Waals surface area contributed by atoms with Crippen LogP contribution in [0.15, 0.2) is 10.2 Å². The molecule has 1 aromatic rings. The number of alkyl halides is 3. The third kappa shape index (κ3) is 3.80. The van der Waals surface area contributed by atoms with Crippen molar-refractivity contribution in [1.29, 1.82) is 0 Å². The molecule has 0 saturated carbocycles. The molecule has 11 heteroatoms. The molecule has 0 aromatic carbocycles. The molecule has 3 rings (SSSR count). The van der Waals surface area contributed by atoms with Gasteiger partial charge in [0.05, 0.1) is 12.6 Å². The number of azo groups is 1. The Morgan fingerprint density at radius 3 is 2.76 bits per heavy atom. The summed E-state index contributed by atoms with van der Waals surface area (Å²) in [5.74, 6) is -1.76. The second-order valence-corrected chi connectivity index (χ2v) is 5.95. The highest BCUT2D eigenvalue weighted by molar-refractivity contribution is 5.76. The van der Waals surface area contributed by atoms with E-state index in [1.807, 2.05) is 13.8 Å². The smallest absolute Gasteiger partial charge is 0.461 e. The van der Waals surface area contributed by atoms with Gasteiger partial charge in [-0.3, -0.25) is 0 Å². The highest BCUT2D eigenvalue weighted by Crippen LogP contribution is 2.37. The van der Waals surface area contributed by atoms with Crippen LogP contribution in [0.4, 0.5) is 24.7 Å². The van der Waals surface area contributed by atoms with Gasteiger partial charge in [-0.1, -0.05) is 0 Å². The van der Waals surface area contributed by atoms with Crippen LogP contribution in [-0.4, -0.2) is 47.4 Å². The lowest BCUT2D eigenvalue weighted by atomic mass is 10.3. The molecule has 0 unspecified atom stereocenters. The second kappa shape index (κ2) is 6.45. The number of hydrogen-bond donors (Lipinski definition) is 0. The second-order valence-electron chi connectivity index (χ2n) is 5.95. The van der Waals surface area contributed by atoms with Crippen LogP contribution in [0.3, 0.4) is 0 Å². The molecule has 136 valence electrons. The predicted octanol–water partition coefficient (Wildman–Crippen LogP) is 2.55. The Morgan fingerprint density at radius 2 is 2.08 bits per heavy atom. The van der Waals surface area contributed by atoms with Crippen molar-refractivity contribution in [1.82, 2.24) is 9.97 Å². The van der Waals surface area contributed by atoms with Gasteiger partial charge in [0.2, 0.25) is 0 Å². The molecule has 25 heavy (non-hydrogen) atoms. The SMILES string of the molecule is CC(C)Oc1nc2c(c(N3CC[C@H](OC(=O)C(F)(F)F)C3)n1)N=NC2. The molecule has 0 bridgehead atoms. The summed E-state index contributed by atoms with van der Waals surface area (Å²) in [4.78, 5) is 21.2. The highest BCUT2D eigenvalue weighted by atomic mass is 19.4. The minimum absolute atomic E-state index is 0.0852. The van der Waals surface area contributed by atoms with Gasteiger partial charge in [-0.05, 0) is 13.8 Å². The van der Waals surface area contributed by atoms with E-state index in [0.29, 0.717) is 30.3 Å². The van der Waals surface area contributed by atoms with Crippen LogP contribution < -0.4 is 9.64 Å². The maximum Gasteiger partial charge on any atom is 0.490 e. The Balaban J connectivity index is 1.77. The van der Waals surface area contributed by atoms with Crippen molar-refractivity contribution < 1.29 is 27.4 Å². The monoisotopic (exact) mass is 359 g/mol. The van der Waals surface area contributed by atoms with E-state index in [4.69, 9.17) is 4.74 Å². The first-order chi connectivity index (χ1) is 11.7. The number of carbonyl (C=O) groups excluding carboxylic acids is 1. The van der Waals surface area contributed by atoms with E-state index < -0.39 is 18.2 Å². The van der Waals surface area contributed by atoms with E-state index in [1.54, 1.807) is 4.90 Å². The van der Waals surface area contributed by atoms with Gasteiger partial charge < -0.3 is 14.4 Å². The minimum atomic E-state index is -5.00. The Hall–Kier alpha value is -2.46. The lowest BCUT2D eigenvalue weighted by molar-refractivity contribution is -0.203. The standard InChI is InChI=1S/C14H16F3N5O3/c1-7(2)24-13-19-9-5-18-21-10(9)11(20-13)22-4-3-8(6-22)25-12(23)14(15,16)17/h7-8H,3-6H2,1-2H3/t8-/m0/s1. The average molecular weight is 359 g/mol. The van der Waals surface area contributed by atoms with Crippen molar-refractivity contribution in [2.24, 2.45) is 10.2 Å². The first kappa shape index (κ1) is 17.4. The summed E-state index contributed by atoms with van der Waals surface area (Å²) in [6, 6.07) is 0.159. The normalized spacial score (nSPS) is 19.4. The Kier molecular flexibility index (Phi) is 4.48. The molecule has 2 aliphatic heterocycles. The van der Waals surface area contributed by atoms with Gasteiger partial charge in [-0.15, -0.1) is 5.11 Å². The Labute approximate surface area is 141 Å². The summed E-state index contributed by atoms with van der Waals surface area (Å²) in [6.07, 6.45) is -5.75. The van der Waals surface area contributed by atoms with Gasteiger partial charge in [0.15, 0.2) is 11.5 Å². The maximum absolute atomic E-state index is 12.3. The van der Waals surface area contributed by atoms with Gasteiger partial charge in [0.1, 0.15) is 18.3 Å². The fraction of sp³-hybridized carbons (Fsp3) is 0.643. The molecule has 1 atom stereocenters. The summed E-state index contributed by atoms with van der Waals surface area (Å²) in [6.45, 7) is 4.40. The van der Waals surface area contributed by atoms with Crippen LogP contribution in [0, 0.1) is 0 Å². The summed E-state index contributed by atoms with van der Waals surface area (Å²) in [5.41, 5.74) is 1.07. The van der Waals surface area contributed by atoms with Gasteiger partial charge >= 0.3 is 18.2 Å². The third-order valence-electron chi connectivity index (χ3n) is 3.60. The van der Waals surface area contributed by atoms with Crippen LogP contribution >= 0.6 is 0 Å². The van der Waals surface area contributed by atoms with Crippen molar-refractivity contribution in [2.45, 2.75) is 45.2 Å². The number of halogens is 3. The number of ether oxygens (including phenoxy) is 2. The van der Waals surface area contributed by atoms with E-state index in [-0.39, 0.29) is 25.1 Å². The van der Waals surface area contributed by atoms with E-state index in [2.05, 4.69) is 24.9 Å². The number of aromatic nitrogens is 2. The molecule has 0 amide bonds. The zero-order valence-electron chi connectivity index (χ0n) is 13.6. The Morgan fingerprint density at radius 1 is 1.32 bits per heavy atom. The molecule has 0 N–H and O–H groups in total. The highest BCUT2D eigenvalue weighted by Gasteiger charge is 2.43. The number of rotatable bonds is 4. The molecule has 1 aromatic heterocycles. The zero-order valence-corrected chi connectivity index (χ0v) is 13.6. The molecule has 1 fully saturated rings. The molecule has 0 aliphatic carbocycles. The molecule has 0 radical (unpaired) electrons. The molecule has 8 nitrogen and oxygen atoms in total. The average Bonchev–Trinajstić information content (AvgIpc) is 3.13. The van der Waals surface area contributed by atoms with Crippen LogP contribution in [0.2, 0.25) is 0 Å². The molecule has 1 saturated heterocycles. The van der Waals surface area contributed by atoms with Gasteiger partial charge in [0.25, 0.3) is 0 Å². The molecule has 3 heterocycles. The van der Waals surface area contributed by atoms with Gasteiger partial charge in [0, 0.05) is 13.0 Å². The van der Waals surface area contributed by atoms with Crippen molar-refractivity contribution >= 4 is 17.5 Å². The fourth-order valence-electron chi connectivity index (χ4n) is 2.57. The van der Waals surface area contributed by atoms with Crippen LogP contribution in [-0.2, 0) is 16.1 Å². The van der Waals surface area contributed by atoms with Gasteiger partial charge in [-0.2, -0.15) is 28.3 Å². The van der Waals surface area contributed by atoms with Crippen molar-refractivity contribution in [3.05, 3.63) is 5.69 Å². The topological polar surface area (TPSA) is 89.3 Å². The lowest BCUT2D eigenvalue weighted by Gasteiger charge is -2.20. The van der Waals surface area contributed by atoms with Crippen LogP contribution in [0.1, 0.15) is 26.0 Å². The maximum atomic E-state index is 12.3. The van der Waals surface area contributed by atoms with Crippen molar-refractivity contribution in [2.75, 3.05) is 18.0 Å². The fourth-order valence-corrected chi connectivity index (χ4v) is 2.57. The van der Waals surface area contributed by atoms with Crippen molar-refractivity contribution in [3.63, 3.8) is 0 Å². The van der Waals surface area contributed by atoms with E-state index in [1.165, 1.54) is 0 Å². The minimum Gasteiger partial charge on any atom is -0.461 e. The molecule has 0 spiro atoms. The van der Waals surface area contributed by atoms with Crippen LogP contribution in [0.25, 0.3) is 0 Å². The summed E-state index contributed by atoms with van der Waals surface area (Å²) in [5, 5.41) is 7.91. The number of esters is 1. The molecule has 2 aliphatic rings. The number of carbonyl (C=O) groups is 1. The Bertz CT molecular complexity index is 708. The van der Waals surface area contributed by atoms with E-state index >= 15 is 0 Å². The molecular formula is C14H16F3N5O3. The third-order valence-corrected chi connectivity index (χ3v) is 3.60. The summed E-state index contributed by atoms with van der Waals surface area (Å²) < 4.78 is 47.0. The predicted molar refractivity (Wildman–Crippen MR) is 78.8 cm³/mol. The van der Waals surface area contributed by atoms with E-state index in [9.17, 15) is 18.0 Å². The first-order valence-electron chi connectivity index (χ1n) is 7.72. The largest absolute Gasteiger partial charge is 0.490 e. The number of hydrogen-bond acceptors (Lipinski definition) is 8. The summed E-state index contributed by atoms with van der Waals surface area (Å²) >= 11 is 0. The summed E-state index contributed by atoms with van der Waals surface area (Å²) in [7, 11) is 0. The zero-order chi connectivity index (χ0) is 18.2. The van der Waals surface area contributed by atoms with Crippen molar-refractivity contribution in [3.8, 4) is 6.01 Å². The molecular weight excluding hydrogens is 343 g/mol. The van der Waals surface area contributed by atoms with Crippen LogP contribution in [0.5, 0.6) is 6.01 Å². The number of nitrogens with zero attached hydrogens (tertiary/aromatic N) is 5.